The third kappa shape index (κ3) is 4.45. The summed E-state index contributed by atoms with van der Waals surface area (Å²) < 4.78 is 19.1. The Morgan fingerprint density at radius 2 is 1.69 bits per heavy atom. The minimum atomic E-state index is -1.82. The summed E-state index contributed by atoms with van der Waals surface area (Å²) >= 11 is 0. The number of rotatable bonds is 8. The van der Waals surface area contributed by atoms with Crippen molar-refractivity contribution in [3.05, 3.63) is 0 Å². The lowest BCUT2D eigenvalue weighted by Gasteiger charge is -2.39. The highest BCUT2D eigenvalue weighted by atomic mass is 28.4. The number of esters is 1. The summed E-state index contributed by atoms with van der Waals surface area (Å²) in [4.78, 5) is 11.8. The van der Waals surface area contributed by atoms with Crippen LogP contribution in [0.25, 0.3) is 0 Å². The van der Waals surface area contributed by atoms with Crippen molar-refractivity contribution < 1.29 is 18.4 Å². The van der Waals surface area contributed by atoms with E-state index in [0.29, 0.717) is 13.0 Å². The molecule has 0 unspecified atom stereocenters. The van der Waals surface area contributed by atoms with Crippen molar-refractivity contribution in [1.29, 1.82) is 0 Å². The zero-order valence-electron chi connectivity index (χ0n) is 18.2. The van der Waals surface area contributed by atoms with Crippen LogP contribution < -0.4 is 0 Å². The first kappa shape index (κ1) is 22.1. The van der Waals surface area contributed by atoms with E-state index in [-0.39, 0.29) is 35.1 Å². The van der Waals surface area contributed by atoms with Gasteiger partial charge in [-0.25, -0.2) is 0 Å². The molecule has 2 fully saturated rings. The molecule has 1 aliphatic carbocycles. The number of ether oxygens (including phenoxy) is 1. The molecule has 0 aromatic rings. The first-order chi connectivity index (χ1) is 12.0. The molecule has 26 heavy (non-hydrogen) atoms. The molecule has 0 radical (unpaired) electrons. The van der Waals surface area contributed by atoms with Crippen molar-refractivity contribution in [3.8, 4) is 0 Å². The minimum absolute atomic E-state index is 0.0396. The zero-order chi connectivity index (χ0) is 19.8. The Kier molecular flexibility index (Phi) is 6.85. The SMILES string of the molecule is CC[Si](CC)(CC)O[C@@H]1C[C@@H]2OC(=O)C[C@@H]2[C@H]1CO[Si](C)(C)C(C)(C)C. The molecule has 0 amide bonds. The van der Waals surface area contributed by atoms with Crippen LogP contribution in [0.2, 0.25) is 36.3 Å². The fourth-order valence-corrected chi connectivity index (χ4v) is 8.12. The molecule has 1 saturated carbocycles. The molecule has 2 rings (SSSR count). The van der Waals surface area contributed by atoms with Gasteiger partial charge in [-0.1, -0.05) is 41.5 Å². The van der Waals surface area contributed by atoms with E-state index in [9.17, 15) is 4.79 Å². The maximum absolute atomic E-state index is 11.8. The van der Waals surface area contributed by atoms with Crippen LogP contribution in [0.1, 0.15) is 54.4 Å². The second-order valence-corrected chi connectivity index (χ2v) is 19.3. The quantitative estimate of drug-likeness (QED) is 0.407. The summed E-state index contributed by atoms with van der Waals surface area (Å²) in [6, 6.07) is 3.46. The van der Waals surface area contributed by atoms with Crippen LogP contribution in [0.15, 0.2) is 0 Å². The molecule has 0 N–H and O–H groups in total. The van der Waals surface area contributed by atoms with Crippen molar-refractivity contribution in [3.63, 3.8) is 0 Å². The summed E-state index contributed by atoms with van der Waals surface area (Å²) in [7, 11) is -3.50. The van der Waals surface area contributed by atoms with Crippen molar-refractivity contribution in [2.75, 3.05) is 6.61 Å². The van der Waals surface area contributed by atoms with Crippen LogP contribution in [-0.4, -0.2) is 41.4 Å². The van der Waals surface area contributed by atoms with Crippen molar-refractivity contribution in [2.24, 2.45) is 11.8 Å². The summed E-state index contributed by atoms with van der Waals surface area (Å²) in [5.74, 6) is 0.521. The van der Waals surface area contributed by atoms with E-state index >= 15 is 0 Å². The molecule has 4 atom stereocenters. The van der Waals surface area contributed by atoms with E-state index < -0.39 is 16.6 Å². The van der Waals surface area contributed by atoms with Crippen molar-refractivity contribution >= 4 is 22.6 Å². The second kappa shape index (κ2) is 8.05. The topological polar surface area (TPSA) is 44.8 Å². The lowest BCUT2D eigenvalue weighted by atomic mass is 9.93. The smallest absolute Gasteiger partial charge is 0.306 e. The van der Waals surface area contributed by atoms with Gasteiger partial charge < -0.3 is 13.6 Å². The predicted molar refractivity (Wildman–Crippen MR) is 111 cm³/mol. The number of hydrogen-bond donors (Lipinski definition) is 0. The Hall–Kier alpha value is -0.176. The fourth-order valence-electron chi connectivity index (χ4n) is 4.17. The molecule has 1 heterocycles. The average molecular weight is 401 g/mol. The Bertz CT molecular complexity index is 488. The van der Waals surface area contributed by atoms with Gasteiger partial charge in [0.1, 0.15) is 6.10 Å². The van der Waals surface area contributed by atoms with E-state index in [1.54, 1.807) is 0 Å². The summed E-state index contributed by atoms with van der Waals surface area (Å²) in [5.41, 5.74) is 0. The Morgan fingerprint density at radius 3 is 2.19 bits per heavy atom. The van der Waals surface area contributed by atoms with E-state index in [1.165, 1.54) is 0 Å². The largest absolute Gasteiger partial charge is 0.462 e. The standard InChI is InChI=1S/C20H40O4Si2/c1-9-26(10-2,11-3)24-18-13-17-15(12-19(21)23-17)16(18)14-22-25(7,8)20(4,5)6/h15-18H,9-14H2,1-8H3/t15-,16-,17+,18-/m1/s1. The summed E-state index contributed by atoms with van der Waals surface area (Å²) in [6.07, 6.45) is 1.62. The van der Waals surface area contributed by atoms with Gasteiger partial charge in [0, 0.05) is 24.9 Å². The molecule has 6 heteroatoms. The van der Waals surface area contributed by atoms with E-state index in [1.807, 2.05) is 0 Å². The minimum Gasteiger partial charge on any atom is -0.462 e. The van der Waals surface area contributed by atoms with Crippen LogP contribution >= 0.6 is 0 Å². The van der Waals surface area contributed by atoms with E-state index in [2.05, 4.69) is 54.6 Å². The van der Waals surface area contributed by atoms with Gasteiger partial charge in [-0.05, 0) is 36.3 Å². The number of fused-ring (bicyclic) bond motifs is 1. The summed E-state index contributed by atoms with van der Waals surface area (Å²) in [6.45, 7) is 19.0. The Labute approximate surface area is 162 Å². The van der Waals surface area contributed by atoms with Gasteiger partial charge in [0.05, 0.1) is 12.5 Å². The monoisotopic (exact) mass is 400 g/mol. The lowest BCUT2D eigenvalue weighted by molar-refractivity contribution is -0.141. The zero-order valence-corrected chi connectivity index (χ0v) is 20.2. The van der Waals surface area contributed by atoms with Gasteiger partial charge in [0.25, 0.3) is 0 Å². The fraction of sp³-hybridized carbons (Fsp3) is 0.950. The molecule has 0 bridgehead atoms. The van der Waals surface area contributed by atoms with Gasteiger partial charge >= 0.3 is 5.97 Å². The highest BCUT2D eigenvalue weighted by Gasteiger charge is 2.53. The highest BCUT2D eigenvalue weighted by Crippen LogP contribution is 2.46. The van der Waals surface area contributed by atoms with Crippen LogP contribution in [-0.2, 0) is 18.4 Å². The number of hydrogen-bond acceptors (Lipinski definition) is 4. The third-order valence-corrected chi connectivity index (χ3v) is 16.6. The number of carbonyl (C=O) groups excluding carboxylic acids is 1. The molecule has 0 spiro atoms. The Balaban J connectivity index is 2.15. The van der Waals surface area contributed by atoms with Crippen LogP contribution in [0, 0.1) is 11.8 Å². The third-order valence-electron chi connectivity index (χ3n) is 7.43. The van der Waals surface area contributed by atoms with Crippen molar-refractivity contribution in [2.45, 2.75) is 103 Å². The molecule has 1 aliphatic heterocycles. The predicted octanol–water partition coefficient (Wildman–Crippen LogP) is 5.35. The van der Waals surface area contributed by atoms with Crippen LogP contribution in [0.3, 0.4) is 0 Å². The summed E-state index contributed by atoms with van der Waals surface area (Å²) in [5, 5.41) is 0.193. The van der Waals surface area contributed by atoms with Crippen molar-refractivity contribution in [1.82, 2.24) is 0 Å². The molecule has 2 aliphatic rings. The molecule has 4 nitrogen and oxygen atoms in total. The molecule has 0 aromatic heterocycles. The van der Waals surface area contributed by atoms with Crippen LogP contribution in [0.5, 0.6) is 0 Å². The molecule has 0 aromatic carbocycles. The Morgan fingerprint density at radius 1 is 1.12 bits per heavy atom. The highest BCUT2D eigenvalue weighted by molar-refractivity contribution is 6.74. The van der Waals surface area contributed by atoms with Gasteiger partial charge in [-0.2, -0.15) is 0 Å². The molecular formula is C20H40O4Si2. The van der Waals surface area contributed by atoms with E-state index in [4.69, 9.17) is 13.6 Å². The maximum Gasteiger partial charge on any atom is 0.306 e. The van der Waals surface area contributed by atoms with Gasteiger partial charge in [-0.3, -0.25) is 4.79 Å². The average Bonchev–Trinajstić information content (AvgIpc) is 3.05. The molecule has 1 saturated heterocycles. The number of carbonyl (C=O) groups is 1. The second-order valence-electron chi connectivity index (χ2n) is 9.77. The van der Waals surface area contributed by atoms with Gasteiger partial charge in [0.15, 0.2) is 16.6 Å². The molecule has 152 valence electrons. The maximum atomic E-state index is 11.8. The van der Waals surface area contributed by atoms with Crippen LogP contribution in [0.4, 0.5) is 0 Å². The van der Waals surface area contributed by atoms with Gasteiger partial charge in [0.2, 0.25) is 0 Å². The van der Waals surface area contributed by atoms with Gasteiger partial charge in [-0.15, -0.1) is 0 Å². The van der Waals surface area contributed by atoms with E-state index in [0.717, 1.165) is 24.6 Å². The first-order valence-electron chi connectivity index (χ1n) is 10.5. The lowest BCUT2D eigenvalue weighted by Crippen LogP contribution is -2.46. The normalized spacial score (nSPS) is 29.8. The molecular weight excluding hydrogens is 360 g/mol. The first-order valence-corrected chi connectivity index (χ1v) is 15.9.